The Morgan fingerprint density at radius 3 is 2.35 bits per heavy atom. The SMILES string of the molecule is CC1CC(C)CN(C(=O)C(N)CCC(=O)O)C1. The highest BCUT2D eigenvalue weighted by atomic mass is 16.4. The van der Waals surface area contributed by atoms with Gasteiger partial charge < -0.3 is 15.7 Å². The molecule has 5 nitrogen and oxygen atoms in total. The molecule has 0 aromatic rings. The van der Waals surface area contributed by atoms with E-state index >= 15 is 0 Å². The molecule has 1 saturated heterocycles. The summed E-state index contributed by atoms with van der Waals surface area (Å²) in [6.45, 7) is 5.73. The maximum absolute atomic E-state index is 12.0. The van der Waals surface area contributed by atoms with Crippen LogP contribution in [0.15, 0.2) is 0 Å². The standard InChI is InChI=1S/C12H22N2O3/c1-8-5-9(2)7-14(6-8)12(17)10(13)3-4-11(15)16/h8-10H,3-7,13H2,1-2H3,(H,15,16). The molecule has 1 fully saturated rings. The summed E-state index contributed by atoms with van der Waals surface area (Å²) in [6.07, 6.45) is 1.30. The summed E-state index contributed by atoms with van der Waals surface area (Å²) in [7, 11) is 0. The molecule has 17 heavy (non-hydrogen) atoms. The molecule has 1 amide bonds. The van der Waals surface area contributed by atoms with Crippen LogP contribution in [0.25, 0.3) is 0 Å². The van der Waals surface area contributed by atoms with Crippen molar-refractivity contribution in [3.05, 3.63) is 0 Å². The molecule has 0 aromatic heterocycles. The average molecular weight is 242 g/mol. The highest BCUT2D eigenvalue weighted by Crippen LogP contribution is 2.21. The zero-order valence-corrected chi connectivity index (χ0v) is 10.6. The molecule has 1 rings (SSSR count). The fraction of sp³-hybridized carbons (Fsp3) is 0.833. The molecular weight excluding hydrogens is 220 g/mol. The van der Waals surface area contributed by atoms with Gasteiger partial charge in [-0.05, 0) is 24.7 Å². The van der Waals surface area contributed by atoms with Crippen LogP contribution in [0.2, 0.25) is 0 Å². The van der Waals surface area contributed by atoms with Gasteiger partial charge in [-0.15, -0.1) is 0 Å². The van der Waals surface area contributed by atoms with E-state index in [2.05, 4.69) is 13.8 Å². The largest absolute Gasteiger partial charge is 0.481 e. The number of carboxylic acids is 1. The number of amides is 1. The third-order valence-electron chi connectivity index (χ3n) is 3.17. The van der Waals surface area contributed by atoms with E-state index in [4.69, 9.17) is 10.8 Å². The second-order valence-electron chi connectivity index (χ2n) is 5.23. The van der Waals surface area contributed by atoms with Crippen LogP contribution in [0.3, 0.4) is 0 Å². The van der Waals surface area contributed by atoms with Crippen molar-refractivity contribution in [2.75, 3.05) is 13.1 Å². The molecule has 0 bridgehead atoms. The average Bonchev–Trinajstić information content (AvgIpc) is 2.23. The molecule has 1 aliphatic heterocycles. The predicted molar refractivity (Wildman–Crippen MR) is 64.4 cm³/mol. The summed E-state index contributed by atoms with van der Waals surface area (Å²) in [5.74, 6) is -0.0259. The molecule has 1 heterocycles. The smallest absolute Gasteiger partial charge is 0.303 e. The highest BCUT2D eigenvalue weighted by Gasteiger charge is 2.28. The van der Waals surface area contributed by atoms with Gasteiger partial charge in [-0.25, -0.2) is 0 Å². The van der Waals surface area contributed by atoms with Crippen LogP contribution in [-0.4, -0.2) is 41.0 Å². The molecule has 0 radical (unpaired) electrons. The van der Waals surface area contributed by atoms with E-state index in [-0.39, 0.29) is 18.7 Å². The van der Waals surface area contributed by atoms with E-state index in [1.54, 1.807) is 4.90 Å². The van der Waals surface area contributed by atoms with Crippen molar-refractivity contribution in [1.29, 1.82) is 0 Å². The maximum Gasteiger partial charge on any atom is 0.303 e. The molecule has 3 N–H and O–H groups in total. The summed E-state index contributed by atoms with van der Waals surface area (Å²) in [5, 5.41) is 8.56. The zero-order chi connectivity index (χ0) is 13.0. The Balaban J connectivity index is 2.47. The molecule has 0 aromatic carbocycles. The Labute approximate surface area is 102 Å². The summed E-state index contributed by atoms with van der Waals surface area (Å²) >= 11 is 0. The molecule has 3 unspecified atom stereocenters. The fourth-order valence-corrected chi connectivity index (χ4v) is 2.48. The lowest BCUT2D eigenvalue weighted by atomic mass is 9.91. The zero-order valence-electron chi connectivity index (χ0n) is 10.6. The van der Waals surface area contributed by atoms with Crippen molar-refractivity contribution in [3.63, 3.8) is 0 Å². The minimum absolute atomic E-state index is 0.0497. The Kier molecular flexibility index (Phi) is 4.93. The first-order chi connectivity index (χ1) is 7.90. The van der Waals surface area contributed by atoms with Crippen molar-refractivity contribution in [1.82, 2.24) is 4.90 Å². The van der Waals surface area contributed by atoms with Gasteiger partial charge in [-0.3, -0.25) is 9.59 Å². The second kappa shape index (κ2) is 6.00. The lowest BCUT2D eigenvalue weighted by Crippen LogP contribution is -2.49. The minimum atomic E-state index is -0.909. The number of piperidine rings is 1. The van der Waals surface area contributed by atoms with Gasteiger partial charge in [0.25, 0.3) is 0 Å². The molecule has 98 valence electrons. The van der Waals surface area contributed by atoms with E-state index in [1.165, 1.54) is 0 Å². The van der Waals surface area contributed by atoms with Gasteiger partial charge >= 0.3 is 5.97 Å². The molecule has 1 aliphatic rings. The number of carbonyl (C=O) groups excluding carboxylic acids is 1. The van der Waals surface area contributed by atoms with Crippen molar-refractivity contribution < 1.29 is 14.7 Å². The van der Waals surface area contributed by atoms with Crippen molar-refractivity contribution in [3.8, 4) is 0 Å². The van der Waals surface area contributed by atoms with Gasteiger partial charge in [-0.2, -0.15) is 0 Å². The van der Waals surface area contributed by atoms with Crippen molar-refractivity contribution in [2.45, 2.75) is 39.2 Å². The summed E-state index contributed by atoms with van der Waals surface area (Å²) in [6, 6.07) is -0.677. The Bertz CT molecular complexity index is 283. The number of carboxylic acid groups (broad SMARTS) is 1. The fourth-order valence-electron chi connectivity index (χ4n) is 2.48. The number of carbonyl (C=O) groups is 2. The Hall–Kier alpha value is -1.10. The number of aliphatic carboxylic acids is 1. The highest BCUT2D eigenvalue weighted by molar-refractivity contribution is 5.82. The van der Waals surface area contributed by atoms with Crippen LogP contribution in [0.4, 0.5) is 0 Å². The monoisotopic (exact) mass is 242 g/mol. The van der Waals surface area contributed by atoms with Crippen LogP contribution in [0.1, 0.15) is 33.1 Å². The second-order valence-corrected chi connectivity index (χ2v) is 5.23. The van der Waals surface area contributed by atoms with Crippen LogP contribution >= 0.6 is 0 Å². The van der Waals surface area contributed by atoms with Crippen LogP contribution in [-0.2, 0) is 9.59 Å². The van der Waals surface area contributed by atoms with Crippen molar-refractivity contribution >= 4 is 11.9 Å². The molecule has 3 atom stereocenters. The number of nitrogens with two attached hydrogens (primary N) is 1. The molecule has 0 saturated carbocycles. The molecule has 5 heteroatoms. The Morgan fingerprint density at radius 1 is 1.35 bits per heavy atom. The Morgan fingerprint density at radius 2 is 1.88 bits per heavy atom. The van der Waals surface area contributed by atoms with Crippen LogP contribution in [0, 0.1) is 11.8 Å². The quantitative estimate of drug-likeness (QED) is 0.759. The van der Waals surface area contributed by atoms with Gasteiger partial charge in [0.1, 0.15) is 0 Å². The van der Waals surface area contributed by atoms with Gasteiger partial charge in [-0.1, -0.05) is 13.8 Å². The van der Waals surface area contributed by atoms with Crippen LogP contribution < -0.4 is 5.73 Å². The molecular formula is C12H22N2O3. The van der Waals surface area contributed by atoms with E-state index in [9.17, 15) is 9.59 Å². The lowest BCUT2D eigenvalue weighted by Gasteiger charge is -2.36. The minimum Gasteiger partial charge on any atom is -0.481 e. The van der Waals surface area contributed by atoms with E-state index < -0.39 is 12.0 Å². The molecule has 0 aliphatic carbocycles. The van der Waals surface area contributed by atoms with Crippen molar-refractivity contribution in [2.24, 2.45) is 17.6 Å². The maximum atomic E-state index is 12.0. The summed E-state index contributed by atoms with van der Waals surface area (Å²) in [5.41, 5.74) is 5.73. The van der Waals surface area contributed by atoms with Gasteiger partial charge in [0, 0.05) is 19.5 Å². The van der Waals surface area contributed by atoms with Crippen LogP contribution in [0.5, 0.6) is 0 Å². The predicted octanol–water partition coefficient (Wildman–Crippen LogP) is 0.683. The van der Waals surface area contributed by atoms with Gasteiger partial charge in [0.15, 0.2) is 0 Å². The number of hydrogen-bond acceptors (Lipinski definition) is 3. The first-order valence-corrected chi connectivity index (χ1v) is 6.16. The number of nitrogens with zero attached hydrogens (tertiary/aromatic N) is 1. The van der Waals surface area contributed by atoms with Gasteiger partial charge in [0.05, 0.1) is 6.04 Å². The van der Waals surface area contributed by atoms with Gasteiger partial charge in [0.2, 0.25) is 5.91 Å². The third-order valence-corrected chi connectivity index (χ3v) is 3.17. The summed E-state index contributed by atoms with van der Waals surface area (Å²) < 4.78 is 0. The third kappa shape index (κ3) is 4.34. The van der Waals surface area contributed by atoms with E-state index in [1.807, 2.05) is 0 Å². The first kappa shape index (κ1) is 14.0. The number of hydrogen-bond donors (Lipinski definition) is 2. The molecule has 0 spiro atoms. The van der Waals surface area contributed by atoms with E-state index in [0.29, 0.717) is 11.8 Å². The normalized spacial score (nSPS) is 26.6. The summed E-state index contributed by atoms with van der Waals surface area (Å²) in [4.78, 5) is 24.2. The first-order valence-electron chi connectivity index (χ1n) is 6.16. The van der Waals surface area contributed by atoms with E-state index in [0.717, 1.165) is 19.5 Å². The lowest BCUT2D eigenvalue weighted by molar-refractivity contribution is -0.138. The number of likely N-dealkylation sites (tertiary alicyclic amines) is 1. The number of rotatable bonds is 4. The topological polar surface area (TPSA) is 83.6 Å².